The van der Waals surface area contributed by atoms with Gasteiger partial charge in [0.05, 0.1) is 58.3 Å². The van der Waals surface area contributed by atoms with Crippen molar-refractivity contribution >= 4 is 47.3 Å². The standard InChI is InChI=1S/C52H89N7O15/c1-54-42(45(61)37-58-44(51(53)68)36-40-21-23-41(60)24-22-40)18-16-17-27-55-48(64)38-73-34-33-72-31-29-57-49(65)39-74-35-32-71-30-28-56-46(62)26-25-43(52(69)70)59-47(63)19-14-12-10-8-6-4-2-3-5-7-9-11-13-15-20-50(66)67/h21-24,42-44,54,58,60H,2-20,25-39H2,1H3,(H2,53,68)(H,55,64)(H,56,62)(H,57,65)(H,59,63)(H,66,67)(H,69,70)/t42-,43?,44-/m0/s1. The van der Waals surface area contributed by atoms with Gasteiger partial charge in [0.15, 0.2) is 5.78 Å². The van der Waals surface area contributed by atoms with Crippen molar-refractivity contribution in [2.75, 3.05) is 86.1 Å². The van der Waals surface area contributed by atoms with Crippen molar-refractivity contribution in [2.24, 2.45) is 5.73 Å². The van der Waals surface area contributed by atoms with Crippen molar-refractivity contribution in [3.8, 4) is 5.75 Å². The van der Waals surface area contributed by atoms with E-state index >= 15 is 0 Å². The van der Waals surface area contributed by atoms with Crippen LogP contribution in [0.15, 0.2) is 24.3 Å². The summed E-state index contributed by atoms with van der Waals surface area (Å²) < 4.78 is 21.5. The first-order valence-electron chi connectivity index (χ1n) is 26.6. The number of likely N-dealkylation sites (N-methyl/N-ethyl adjacent to an activating group) is 1. The number of aromatic hydroxyl groups is 1. The zero-order chi connectivity index (χ0) is 54.4. The molecule has 0 saturated carbocycles. The molecule has 0 saturated heterocycles. The predicted octanol–water partition coefficient (Wildman–Crippen LogP) is 2.80. The van der Waals surface area contributed by atoms with Crippen molar-refractivity contribution in [1.82, 2.24) is 31.9 Å². The maximum atomic E-state index is 12.8. The average molecular weight is 1050 g/mol. The second-order valence-corrected chi connectivity index (χ2v) is 18.2. The van der Waals surface area contributed by atoms with Gasteiger partial charge < -0.3 is 66.6 Å². The van der Waals surface area contributed by atoms with E-state index in [-0.39, 0.29) is 140 Å². The number of phenols is 1. The molecule has 0 heterocycles. The van der Waals surface area contributed by atoms with Gasteiger partial charge in [0, 0.05) is 38.9 Å². The van der Waals surface area contributed by atoms with Crippen LogP contribution in [0.4, 0.5) is 0 Å². The monoisotopic (exact) mass is 1050 g/mol. The van der Waals surface area contributed by atoms with E-state index in [1.807, 2.05) is 0 Å². The number of phenolic OH excluding ortho intramolecular Hbond substituents is 1. The molecule has 22 nitrogen and oxygen atoms in total. The van der Waals surface area contributed by atoms with Crippen LogP contribution in [0.1, 0.15) is 140 Å². The van der Waals surface area contributed by atoms with Crippen molar-refractivity contribution in [2.45, 2.75) is 159 Å². The van der Waals surface area contributed by atoms with E-state index in [9.17, 15) is 48.6 Å². The number of hydrogen-bond donors (Lipinski definition) is 10. The molecule has 1 aromatic rings. The number of primary amides is 1. The summed E-state index contributed by atoms with van der Waals surface area (Å²) in [5.41, 5.74) is 6.31. The number of ether oxygens (including phenoxy) is 4. The minimum Gasteiger partial charge on any atom is -0.508 e. The summed E-state index contributed by atoms with van der Waals surface area (Å²) >= 11 is 0. The Morgan fingerprint density at radius 2 is 1.00 bits per heavy atom. The molecule has 1 aromatic carbocycles. The second kappa shape index (κ2) is 45.2. The molecule has 0 fully saturated rings. The van der Waals surface area contributed by atoms with Crippen LogP contribution in [-0.4, -0.2) is 167 Å². The van der Waals surface area contributed by atoms with Gasteiger partial charge in [0.1, 0.15) is 25.0 Å². The molecule has 0 radical (unpaired) electrons. The third kappa shape index (κ3) is 39.2. The van der Waals surface area contributed by atoms with E-state index in [1.54, 1.807) is 19.2 Å². The van der Waals surface area contributed by atoms with E-state index in [2.05, 4.69) is 31.9 Å². The average Bonchev–Trinajstić information content (AvgIpc) is 3.36. The fourth-order valence-electron chi connectivity index (χ4n) is 7.62. The maximum Gasteiger partial charge on any atom is 0.326 e. The summed E-state index contributed by atoms with van der Waals surface area (Å²) in [6.45, 7) is 1.61. The highest BCUT2D eigenvalue weighted by Gasteiger charge is 2.22. The van der Waals surface area contributed by atoms with Crippen LogP contribution in [0, 0.1) is 0 Å². The maximum absolute atomic E-state index is 12.8. The van der Waals surface area contributed by atoms with Crippen LogP contribution in [0.3, 0.4) is 0 Å². The number of carboxylic acids is 2. The molecule has 1 rings (SSSR count). The molecule has 5 amide bonds. The number of aliphatic carboxylic acids is 2. The van der Waals surface area contributed by atoms with Crippen molar-refractivity contribution < 1.29 is 72.6 Å². The molecule has 1 unspecified atom stereocenters. The number of unbranched alkanes of at least 4 members (excludes halogenated alkanes) is 14. The molecule has 11 N–H and O–H groups in total. The number of nitrogens with one attached hydrogen (secondary N) is 6. The van der Waals surface area contributed by atoms with Crippen LogP contribution < -0.4 is 37.6 Å². The van der Waals surface area contributed by atoms with Crippen molar-refractivity contribution in [1.29, 1.82) is 0 Å². The Hall–Kier alpha value is -5.26. The van der Waals surface area contributed by atoms with E-state index < -0.39 is 36.0 Å². The number of hydrogen-bond acceptors (Lipinski definition) is 15. The fraction of sp³-hybridized carbons (Fsp3) is 0.731. The molecular weight excluding hydrogens is 963 g/mol. The summed E-state index contributed by atoms with van der Waals surface area (Å²) in [6.07, 6.45) is 17.5. The van der Waals surface area contributed by atoms with Gasteiger partial charge >= 0.3 is 11.9 Å². The molecule has 74 heavy (non-hydrogen) atoms. The van der Waals surface area contributed by atoms with Gasteiger partial charge in [-0.05, 0) is 69.7 Å². The van der Waals surface area contributed by atoms with Gasteiger partial charge in [-0.1, -0.05) is 89.2 Å². The molecule has 0 aromatic heterocycles. The first kappa shape index (κ1) is 66.8. The summed E-state index contributed by atoms with van der Waals surface area (Å²) in [5.74, 6) is -3.83. The number of amides is 5. The van der Waals surface area contributed by atoms with Crippen LogP contribution in [0.25, 0.3) is 0 Å². The Morgan fingerprint density at radius 3 is 1.50 bits per heavy atom. The summed E-state index contributed by atoms with van der Waals surface area (Å²) in [6, 6.07) is 4.06. The van der Waals surface area contributed by atoms with Crippen LogP contribution in [0.5, 0.6) is 5.75 Å². The third-order valence-corrected chi connectivity index (χ3v) is 11.9. The van der Waals surface area contributed by atoms with Gasteiger partial charge in [0.25, 0.3) is 0 Å². The summed E-state index contributed by atoms with van der Waals surface area (Å²) in [5, 5.41) is 44.2. The number of nitrogens with two attached hydrogens (primary N) is 1. The number of benzene rings is 1. The molecule has 422 valence electrons. The number of carbonyl (C=O) groups is 8. The van der Waals surface area contributed by atoms with Gasteiger partial charge in [-0.2, -0.15) is 0 Å². The summed E-state index contributed by atoms with van der Waals surface area (Å²) in [7, 11) is 1.68. The van der Waals surface area contributed by atoms with Crippen LogP contribution in [0.2, 0.25) is 0 Å². The normalized spacial score (nSPS) is 12.3. The lowest BCUT2D eigenvalue weighted by Gasteiger charge is -2.19. The van der Waals surface area contributed by atoms with E-state index in [0.717, 1.165) is 50.5 Å². The molecule has 0 aliphatic heterocycles. The number of carbonyl (C=O) groups excluding carboxylic acids is 6. The zero-order valence-electron chi connectivity index (χ0n) is 43.9. The highest BCUT2D eigenvalue weighted by atomic mass is 16.5. The van der Waals surface area contributed by atoms with E-state index in [4.69, 9.17) is 29.8 Å². The molecular formula is C52H89N7O15. The van der Waals surface area contributed by atoms with Crippen LogP contribution in [-0.2, 0) is 63.7 Å². The Morgan fingerprint density at radius 1 is 0.514 bits per heavy atom. The minimum absolute atomic E-state index is 0.0389. The molecule has 22 heteroatoms. The fourth-order valence-corrected chi connectivity index (χ4v) is 7.62. The lowest BCUT2D eigenvalue weighted by atomic mass is 10.0. The number of ketones is 1. The lowest BCUT2D eigenvalue weighted by Crippen LogP contribution is -2.48. The molecule has 3 atom stereocenters. The smallest absolute Gasteiger partial charge is 0.326 e. The lowest BCUT2D eigenvalue weighted by molar-refractivity contribution is -0.142. The number of Topliss-reactive ketones (excluding diaryl/α,β-unsaturated/α-hetero) is 1. The van der Waals surface area contributed by atoms with E-state index in [1.165, 1.54) is 50.7 Å². The quantitative estimate of drug-likeness (QED) is 0.0420. The molecule has 0 aliphatic rings. The highest BCUT2D eigenvalue weighted by Crippen LogP contribution is 2.15. The van der Waals surface area contributed by atoms with Gasteiger partial charge in [-0.25, -0.2) is 4.79 Å². The third-order valence-electron chi connectivity index (χ3n) is 11.9. The largest absolute Gasteiger partial charge is 0.508 e. The predicted molar refractivity (Wildman–Crippen MR) is 277 cm³/mol. The Labute approximate surface area is 437 Å². The zero-order valence-corrected chi connectivity index (χ0v) is 43.9. The number of rotatable bonds is 51. The van der Waals surface area contributed by atoms with Gasteiger partial charge in [-0.15, -0.1) is 0 Å². The Kier molecular flexibility index (Phi) is 40.7. The van der Waals surface area contributed by atoms with Crippen LogP contribution >= 0.6 is 0 Å². The minimum atomic E-state index is -1.19. The first-order valence-corrected chi connectivity index (χ1v) is 26.6. The van der Waals surface area contributed by atoms with Gasteiger partial charge in [-0.3, -0.25) is 38.9 Å². The number of carboxylic acid groups (broad SMARTS) is 2. The topological polar surface area (TPSA) is 332 Å². The highest BCUT2D eigenvalue weighted by molar-refractivity contribution is 5.87. The molecule has 0 bridgehead atoms. The van der Waals surface area contributed by atoms with Crippen molar-refractivity contribution in [3.63, 3.8) is 0 Å². The van der Waals surface area contributed by atoms with E-state index in [0.29, 0.717) is 32.2 Å². The van der Waals surface area contributed by atoms with Gasteiger partial charge in [0.2, 0.25) is 29.5 Å². The molecule has 0 aliphatic carbocycles. The summed E-state index contributed by atoms with van der Waals surface area (Å²) in [4.78, 5) is 95.7. The first-order chi connectivity index (χ1) is 35.7. The van der Waals surface area contributed by atoms with Crippen molar-refractivity contribution in [3.05, 3.63) is 29.8 Å². The SMILES string of the molecule is CN[C@@H](CCCCNC(=O)COCCOCCNC(=O)COCCOCCNC(=O)CCC(NC(=O)CCCCCCCCCCCCCCCCC(=O)O)C(=O)O)C(=O)CN[C@@H](Cc1ccc(O)cc1)C(N)=O. The Balaban J connectivity index is 1.95. The second-order valence-electron chi connectivity index (χ2n) is 18.2. The Bertz CT molecular complexity index is 1720. The molecule has 0 spiro atoms.